The molecule has 0 aromatic heterocycles. The Kier molecular flexibility index (Phi) is 1410. The standard InChI is InChI=1S/2CH4.CH3.HNO2.H2O.Y/c;;;2-1-3;;/h2*1H4;1H3;(H,2,3);1H2;/q;;-1;;;/p-1. The summed E-state index contributed by atoms with van der Waals surface area (Å²) in [6.45, 7) is 0. The van der Waals surface area contributed by atoms with Gasteiger partial charge in [-0.05, 0) is 0 Å². The van der Waals surface area contributed by atoms with Crippen molar-refractivity contribution in [3.8, 4) is 0 Å². The Labute approximate surface area is 75.8 Å². The van der Waals surface area contributed by atoms with Crippen LogP contribution in [0.1, 0.15) is 14.9 Å². The van der Waals surface area contributed by atoms with Crippen molar-refractivity contribution in [3.05, 3.63) is 17.5 Å². The first-order valence-corrected chi connectivity index (χ1v) is 0.365. The number of nitrogens with zero attached hydrogens (tertiary/aromatic N) is 1. The van der Waals surface area contributed by atoms with E-state index in [9.17, 15) is 0 Å². The van der Waals surface area contributed by atoms with E-state index in [2.05, 4.69) is 0 Å². The average molecular weight is 200 g/mol. The number of rotatable bonds is 0. The van der Waals surface area contributed by atoms with E-state index in [1.807, 2.05) is 0 Å². The van der Waals surface area contributed by atoms with Gasteiger partial charge in [0.15, 0.2) is 0 Å². The van der Waals surface area contributed by atoms with E-state index < -0.39 is 0 Å². The minimum Gasteiger partial charge on any atom is -0.444 e. The summed E-state index contributed by atoms with van der Waals surface area (Å²) >= 11 is 0. The van der Waals surface area contributed by atoms with Crippen LogP contribution in [0.25, 0.3) is 0 Å². The summed E-state index contributed by atoms with van der Waals surface area (Å²) in [5, 5.41) is 9.00. The molecule has 0 spiro atoms. The monoisotopic (exact) mass is 200 g/mol. The maximum Gasteiger partial charge on any atom is 0 e. The van der Waals surface area contributed by atoms with Crippen LogP contribution in [-0.2, 0) is 32.7 Å². The molecule has 0 saturated carbocycles. The maximum absolute atomic E-state index is 8.00. The van der Waals surface area contributed by atoms with Crippen molar-refractivity contribution in [2.45, 2.75) is 14.9 Å². The van der Waals surface area contributed by atoms with Crippen LogP contribution in [0.4, 0.5) is 0 Å². The Hall–Kier alpha value is 0.464. The molecular weight excluding hydrogens is 187 g/mol. The Bertz CT molecular complexity index is 22.0. The third-order valence-electron chi connectivity index (χ3n) is 0. The van der Waals surface area contributed by atoms with Gasteiger partial charge in [-0.1, -0.05) is 14.9 Å². The van der Waals surface area contributed by atoms with Crippen molar-refractivity contribution in [3.63, 3.8) is 0 Å². The van der Waals surface area contributed by atoms with Crippen molar-refractivity contribution in [2.24, 2.45) is 5.34 Å². The molecule has 8 heavy (non-hydrogen) atoms. The fourth-order valence-electron chi connectivity index (χ4n) is 0. The molecule has 0 aliphatic rings. The molecule has 0 rings (SSSR count). The van der Waals surface area contributed by atoms with Crippen LogP contribution in [0.2, 0.25) is 0 Å². The second-order valence-corrected chi connectivity index (χ2v) is 0.0745. The van der Waals surface area contributed by atoms with Gasteiger partial charge in [-0.15, -0.1) is 5.34 Å². The molecule has 0 unspecified atom stereocenters. The van der Waals surface area contributed by atoms with Gasteiger partial charge in [0.25, 0.3) is 0 Å². The van der Waals surface area contributed by atoms with E-state index >= 15 is 0 Å². The van der Waals surface area contributed by atoms with Crippen LogP contribution in [0.5, 0.6) is 0 Å². The molecule has 0 fully saturated rings. The summed E-state index contributed by atoms with van der Waals surface area (Å²) in [5.41, 5.74) is 0. The van der Waals surface area contributed by atoms with Crippen molar-refractivity contribution < 1.29 is 38.2 Å². The van der Waals surface area contributed by atoms with Crippen LogP contribution >= 0.6 is 0 Å². The quantitative estimate of drug-likeness (QED) is 0.333. The minimum atomic E-state index is 0. The van der Waals surface area contributed by atoms with Gasteiger partial charge in [-0.3, -0.25) is 0 Å². The number of hydrogen-bond donors (Lipinski definition) is 0. The first kappa shape index (κ1) is 77.7. The molecule has 0 atom stereocenters. The van der Waals surface area contributed by atoms with Crippen molar-refractivity contribution in [1.29, 1.82) is 0 Å². The van der Waals surface area contributed by atoms with E-state index in [0.29, 0.717) is 0 Å². The molecule has 1 radical (unpaired) electrons. The second-order valence-electron chi connectivity index (χ2n) is 0.0745. The largest absolute Gasteiger partial charge is 0.444 e. The van der Waals surface area contributed by atoms with Crippen LogP contribution in [0, 0.1) is 17.5 Å². The summed E-state index contributed by atoms with van der Waals surface area (Å²) in [6, 6.07) is 0. The van der Waals surface area contributed by atoms with E-state index in [4.69, 9.17) is 10.1 Å². The van der Waals surface area contributed by atoms with Gasteiger partial charge in [0.2, 0.25) is 0 Å². The van der Waals surface area contributed by atoms with E-state index in [-0.39, 0.29) is 60.5 Å². The summed E-state index contributed by atoms with van der Waals surface area (Å²) in [4.78, 5) is 8.00. The zero-order valence-corrected chi connectivity index (χ0v) is 6.18. The SMILES string of the molecule is C.C.O.O=N[O-].[CH3-].[Y]. The molecule has 0 aromatic carbocycles. The molecule has 0 saturated heterocycles. The average Bonchev–Trinajstić information content (AvgIpc) is 0.918. The molecule has 2 N–H and O–H groups in total. The Morgan fingerprint density at radius 1 is 1.25 bits per heavy atom. The Morgan fingerprint density at radius 3 is 1.25 bits per heavy atom. The predicted octanol–water partition coefficient (Wildman–Crippen LogP) is 1.15. The van der Waals surface area contributed by atoms with E-state index in [0.717, 1.165) is 5.34 Å². The summed E-state index contributed by atoms with van der Waals surface area (Å²) in [7, 11) is 0. The second kappa shape index (κ2) is 146. The Morgan fingerprint density at radius 2 is 1.25 bits per heavy atom. The molecule has 53 valence electrons. The molecule has 0 aliphatic heterocycles. The zero-order valence-electron chi connectivity index (χ0n) is 3.34. The van der Waals surface area contributed by atoms with Gasteiger partial charge < -0.3 is 23.0 Å². The summed E-state index contributed by atoms with van der Waals surface area (Å²) in [5.74, 6) is 0. The fourth-order valence-corrected chi connectivity index (χ4v) is 0. The van der Waals surface area contributed by atoms with Gasteiger partial charge >= 0.3 is 0 Å². The molecule has 4 nitrogen and oxygen atoms in total. The van der Waals surface area contributed by atoms with Crippen molar-refractivity contribution >= 4 is 0 Å². The van der Waals surface area contributed by atoms with Crippen LogP contribution in [-0.4, -0.2) is 5.48 Å². The molecule has 0 heterocycles. The molecular formula is C3H13NO3Y-2. The molecule has 5 heteroatoms. The van der Waals surface area contributed by atoms with E-state index in [1.54, 1.807) is 0 Å². The summed E-state index contributed by atoms with van der Waals surface area (Å²) in [6.07, 6.45) is 0. The van der Waals surface area contributed by atoms with Gasteiger partial charge in [-0.25, -0.2) is 0 Å². The van der Waals surface area contributed by atoms with Crippen LogP contribution < -0.4 is 0 Å². The molecule has 0 bridgehead atoms. The first-order chi connectivity index (χ1) is 1.41. The Balaban J connectivity index is -0.00000000200. The third-order valence-corrected chi connectivity index (χ3v) is 0. The maximum atomic E-state index is 8.00. The smallest absolute Gasteiger partial charge is 0 e. The normalized spacial score (nSPS) is 1.50. The van der Waals surface area contributed by atoms with Crippen molar-refractivity contribution in [1.82, 2.24) is 0 Å². The van der Waals surface area contributed by atoms with Crippen LogP contribution in [0.15, 0.2) is 5.34 Å². The number of hydrogen-bond acceptors (Lipinski definition) is 3. The van der Waals surface area contributed by atoms with Gasteiger partial charge in [0.05, 0.1) is 0 Å². The topological polar surface area (TPSA) is 84.0 Å². The van der Waals surface area contributed by atoms with Gasteiger partial charge in [0.1, 0.15) is 0 Å². The third kappa shape index (κ3) is 897. The molecule has 0 aromatic rings. The van der Waals surface area contributed by atoms with Gasteiger partial charge in [0, 0.05) is 32.7 Å². The fraction of sp³-hybridized carbons (Fsp3) is 0.667. The van der Waals surface area contributed by atoms with Crippen molar-refractivity contribution in [2.75, 3.05) is 0 Å². The minimum absolute atomic E-state index is 0. The van der Waals surface area contributed by atoms with Gasteiger partial charge in [-0.2, -0.15) is 0 Å². The van der Waals surface area contributed by atoms with E-state index in [1.165, 1.54) is 0 Å². The first-order valence-electron chi connectivity index (χ1n) is 0.365. The zero-order chi connectivity index (χ0) is 2.71. The summed E-state index contributed by atoms with van der Waals surface area (Å²) < 4.78 is 0. The predicted molar refractivity (Wildman–Crippen MR) is 32.7 cm³/mol. The molecule has 0 aliphatic carbocycles. The molecule has 0 amide bonds. The van der Waals surface area contributed by atoms with Crippen LogP contribution in [0.3, 0.4) is 0 Å².